The van der Waals surface area contributed by atoms with Crippen molar-refractivity contribution in [3.63, 3.8) is 0 Å². The molecule has 0 aliphatic carbocycles. The Labute approximate surface area is 103 Å². The number of nitrogens with two attached hydrogens (primary N) is 1. The molecule has 1 aliphatic rings. The Balaban J connectivity index is 2.22. The monoisotopic (exact) mass is 234 g/mol. The number of benzene rings is 1. The van der Waals surface area contributed by atoms with Gasteiger partial charge in [0.1, 0.15) is 0 Å². The van der Waals surface area contributed by atoms with E-state index in [4.69, 9.17) is 10.6 Å². The second-order valence-electron chi connectivity index (χ2n) is 4.96. The largest absolute Gasteiger partial charge is 0.373 e. The number of nitrogens with one attached hydrogen (secondary N) is 1. The van der Waals surface area contributed by atoms with E-state index in [1.807, 2.05) is 0 Å². The average Bonchev–Trinajstić information content (AvgIpc) is 2.78. The lowest BCUT2D eigenvalue weighted by Crippen LogP contribution is -2.44. The molecule has 0 aromatic heterocycles. The first-order valence-corrected chi connectivity index (χ1v) is 6.38. The molecule has 0 spiro atoms. The number of hydrogen-bond acceptors (Lipinski definition) is 3. The van der Waals surface area contributed by atoms with Crippen molar-refractivity contribution in [3.05, 3.63) is 35.4 Å². The van der Waals surface area contributed by atoms with Gasteiger partial charge in [-0.3, -0.25) is 11.3 Å². The van der Waals surface area contributed by atoms with Gasteiger partial charge >= 0.3 is 0 Å². The van der Waals surface area contributed by atoms with Crippen LogP contribution in [0.3, 0.4) is 0 Å². The lowest BCUT2D eigenvalue weighted by atomic mass is 9.88. The fourth-order valence-electron chi connectivity index (χ4n) is 2.60. The minimum Gasteiger partial charge on any atom is -0.373 e. The van der Waals surface area contributed by atoms with E-state index in [9.17, 15) is 0 Å². The van der Waals surface area contributed by atoms with Crippen LogP contribution in [0.1, 0.15) is 43.9 Å². The van der Waals surface area contributed by atoms with Crippen LogP contribution in [-0.2, 0) is 11.2 Å². The summed E-state index contributed by atoms with van der Waals surface area (Å²) in [6, 6.07) is 8.69. The molecule has 2 rings (SSSR count). The number of hydrogen-bond donors (Lipinski definition) is 2. The molecule has 1 aliphatic heterocycles. The highest BCUT2D eigenvalue weighted by Crippen LogP contribution is 2.36. The highest BCUT2D eigenvalue weighted by atomic mass is 16.5. The molecule has 0 radical (unpaired) electrons. The molecule has 3 N–H and O–H groups in total. The Hall–Kier alpha value is -0.900. The predicted octanol–water partition coefficient (Wildman–Crippen LogP) is 2.32. The van der Waals surface area contributed by atoms with E-state index >= 15 is 0 Å². The SMILES string of the molecule is CCc1ccc(C(NN)C2(C)CCCO2)cc1. The van der Waals surface area contributed by atoms with Gasteiger partial charge in [0, 0.05) is 6.61 Å². The Morgan fingerprint density at radius 2 is 2.12 bits per heavy atom. The van der Waals surface area contributed by atoms with Gasteiger partial charge < -0.3 is 4.74 Å². The Kier molecular flexibility index (Phi) is 3.82. The van der Waals surface area contributed by atoms with Gasteiger partial charge in [-0.15, -0.1) is 0 Å². The second kappa shape index (κ2) is 5.17. The summed E-state index contributed by atoms with van der Waals surface area (Å²) in [7, 11) is 0. The van der Waals surface area contributed by atoms with Crippen molar-refractivity contribution in [2.24, 2.45) is 5.84 Å². The van der Waals surface area contributed by atoms with Crippen LogP contribution in [-0.4, -0.2) is 12.2 Å². The van der Waals surface area contributed by atoms with Crippen LogP contribution in [0.4, 0.5) is 0 Å². The summed E-state index contributed by atoms with van der Waals surface area (Å²) in [4.78, 5) is 0. The van der Waals surface area contributed by atoms with Gasteiger partial charge in [-0.1, -0.05) is 31.2 Å². The van der Waals surface area contributed by atoms with Crippen LogP contribution in [0.15, 0.2) is 24.3 Å². The third-order valence-corrected chi connectivity index (χ3v) is 3.75. The van der Waals surface area contributed by atoms with Crippen LogP contribution in [0.25, 0.3) is 0 Å². The third kappa shape index (κ3) is 2.51. The normalized spacial score (nSPS) is 26.1. The molecule has 94 valence electrons. The maximum atomic E-state index is 5.86. The molecule has 17 heavy (non-hydrogen) atoms. The van der Waals surface area contributed by atoms with E-state index in [2.05, 4.69) is 43.5 Å². The predicted molar refractivity (Wildman–Crippen MR) is 69.5 cm³/mol. The summed E-state index contributed by atoms with van der Waals surface area (Å²) in [5.41, 5.74) is 5.29. The Bertz CT molecular complexity index is 355. The first-order chi connectivity index (χ1) is 8.19. The first-order valence-electron chi connectivity index (χ1n) is 6.38. The smallest absolute Gasteiger partial charge is 0.0862 e. The zero-order valence-electron chi connectivity index (χ0n) is 10.7. The first kappa shape index (κ1) is 12.6. The average molecular weight is 234 g/mol. The molecule has 3 nitrogen and oxygen atoms in total. The lowest BCUT2D eigenvalue weighted by molar-refractivity contribution is -0.0125. The van der Waals surface area contributed by atoms with E-state index in [1.165, 1.54) is 11.1 Å². The zero-order valence-corrected chi connectivity index (χ0v) is 10.7. The van der Waals surface area contributed by atoms with Gasteiger partial charge in [0.25, 0.3) is 0 Å². The molecule has 1 heterocycles. The topological polar surface area (TPSA) is 47.3 Å². The molecule has 1 fully saturated rings. The van der Waals surface area contributed by atoms with E-state index in [-0.39, 0.29) is 11.6 Å². The van der Waals surface area contributed by atoms with Gasteiger partial charge in [-0.2, -0.15) is 0 Å². The fourth-order valence-corrected chi connectivity index (χ4v) is 2.60. The summed E-state index contributed by atoms with van der Waals surface area (Å²) in [6.45, 7) is 5.13. The van der Waals surface area contributed by atoms with Crippen LogP contribution < -0.4 is 11.3 Å². The van der Waals surface area contributed by atoms with Crippen LogP contribution in [0.2, 0.25) is 0 Å². The number of hydrazine groups is 1. The molecule has 1 saturated heterocycles. The minimum atomic E-state index is -0.178. The van der Waals surface area contributed by atoms with Crippen molar-refractivity contribution in [1.82, 2.24) is 5.43 Å². The molecule has 1 aromatic carbocycles. The zero-order chi connectivity index (χ0) is 12.3. The Morgan fingerprint density at radius 1 is 1.41 bits per heavy atom. The third-order valence-electron chi connectivity index (χ3n) is 3.75. The van der Waals surface area contributed by atoms with Crippen molar-refractivity contribution in [3.8, 4) is 0 Å². The van der Waals surface area contributed by atoms with Gasteiger partial charge in [0.15, 0.2) is 0 Å². The highest BCUT2D eigenvalue weighted by molar-refractivity contribution is 5.27. The van der Waals surface area contributed by atoms with Crippen molar-refractivity contribution in [1.29, 1.82) is 0 Å². The number of ether oxygens (including phenoxy) is 1. The van der Waals surface area contributed by atoms with Crippen LogP contribution in [0, 0.1) is 0 Å². The summed E-state index contributed by atoms with van der Waals surface area (Å²) in [6.07, 6.45) is 3.23. The molecule has 0 amide bonds. The molecular formula is C14H22N2O. The summed E-state index contributed by atoms with van der Waals surface area (Å²) < 4.78 is 5.86. The Morgan fingerprint density at radius 3 is 2.59 bits per heavy atom. The number of aryl methyl sites for hydroxylation is 1. The molecule has 2 atom stereocenters. The van der Waals surface area contributed by atoms with Gasteiger partial charge in [0.05, 0.1) is 11.6 Å². The van der Waals surface area contributed by atoms with E-state index in [0.717, 1.165) is 25.9 Å². The highest BCUT2D eigenvalue weighted by Gasteiger charge is 2.38. The second-order valence-corrected chi connectivity index (χ2v) is 4.96. The van der Waals surface area contributed by atoms with Gasteiger partial charge in [-0.05, 0) is 37.3 Å². The van der Waals surface area contributed by atoms with E-state index in [0.29, 0.717) is 0 Å². The molecule has 3 heteroatoms. The fraction of sp³-hybridized carbons (Fsp3) is 0.571. The van der Waals surface area contributed by atoms with Crippen molar-refractivity contribution < 1.29 is 4.74 Å². The van der Waals surface area contributed by atoms with E-state index < -0.39 is 0 Å². The van der Waals surface area contributed by atoms with Gasteiger partial charge in [-0.25, -0.2) is 0 Å². The van der Waals surface area contributed by atoms with Gasteiger partial charge in [0.2, 0.25) is 0 Å². The summed E-state index contributed by atoms with van der Waals surface area (Å²) >= 11 is 0. The number of rotatable bonds is 4. The maximum absolute atomic E-state index is 5.86. The quantitative estimate of drug-likeness (QED) is 0.621. The molecule has 0 saturated carbocycles. The lowest BCUT2D eigenvalue weighted by Gasteiger charge is -2.33. The maximum Gasteiger partial charge on any atom is 0.0862 e. The minimum absolute atomic E-state index is 0.0657. The summed E-state index contributed by atoms with van der Waals surface area (Å²) in [5.74, 6) is 5.71. The van der Waals surface area contributed by atoms with Crippen LogP contribution >= 0.6 is 0 Å². The van der Waals surface area contributed by atoms with Crippen molar-refractivity contribution >= 4 is 0 Å². The van der Waals surface area contributed by atoms with Crippen molar-refractivity contribution in [2.75, 3.05) is 6.61 Å². The molecule has 2 unspecified atom stereocenters. The molecule has 1 aromatic rings. The summed E-state index contributed by atoms with van der Waals surface area (Å²) in [5, 5.41) is 0. The van der Waals surface area contributed by atoms with Crippen molar-refractivity contribution in [2.45, 2.75) is 44.8 Å². The standard InChI is InChI=1S/C14H22N2O/c1-3-11-5-7-12(8-6-11)13(16-15)14(2)9-4-10-17-14/h5-8,13,16H,3-4,9-10,15H2,1-2H3. The van der Waals surface area contributed by atoms with Crippen LogP contribution in [0.5, 0.6) is 0 Å². The molecule has 0 bridgehead atoms. The molecular weight excluding hydrogens is 212 g/mol. The van der Waals surface area contributed by atoms with E-state index in [1.54, 1.807) is 0 Å².